The van der Waals surface area contributed by atoms with Gasteiger partial charge in [0.1, 0.15) is 23.7 Å². The molecule has 14 nitrogen and oxygen atoms in total. The number of benzene rings is 1. The second-order valence-corrected chi connectivity index (χ2v) is 22.5. The molecule has 10 N–H and O–H groups in total. The lowest BCUT2D eigenvalue weighted by Crippen LogP contribution is -2.41. The number of ketones is 5. The molecule has 71 heavy (non-hydrogen) atoms. The van der Waals surface area contributed by atoms with Crippen LogP contribution in [0.25, 0.3) is 0 Å². The molecule has 14 heteroatoms. The van der Waals surface area contributed by atoms with E-state index in [-0.39, 0.29) is 94.9 Å². The molecule has 0 saturated heterocycles. The van der Waals surface area contributed by atoms with Crippen molar-refractivity contribution in [2.24, 2.45) is 87.8 Å². The zero-order valence-corrected chi connectivity index (χ0v) is 48.6. The van der Waals surface area contributed by atoms with Gasteiger partial charge in [0.2, 0.25) is 0 Å². The van der Waals surface area contributed by atoms with Crippen LogP contribution in [0.15, 0.2) is 24.3 Å². The molecule has 0 amide bonds. The van der Waals surface area contributed by atoms with E-state index in [2.05, 4.69) is 65.8 Å². The van der Waals surface area contributed by atoms with E-state index in [0.29, 0.717) is 56.1 Å². The van der Waals surface area contributed by atoms with Gasteiger partial charge in [-0.1, -0.05) is 170 Å². The predicted octanol–water partition coefficient (Wildman–Crippen LogP) is 8.97. The fourth-order valence-corrected chi connectivity index (χ4v) is 5.88. The Balaban J connectivity index is -0.000000399. The van der Waals surface area contributed by atoms with Crippen LogP contribution in [0.5, 0.6) is 0 Å². The standard InChI is InChI=1S/C15H23NO.C12H23NO3.C11H21NO3.C10H21NO.C9H19NO/c1-10(2)13-7-5-12(6-8-13)9-14(16)15(17)11(3)4;1-8(2)7-16-12(15)10(13)5-6-11(14)9(3)4;1-7(2)6-15-11(14)9(12)5-10(13)8(3)4;1-6(2)8(5)9(11)10(12)7(3)4;1-6(2)5-8(10)9(11)7(3)4/h5-8,10-11,14H,9,16H2,1-4H3;8-10H,5-7,13H2,1-4H3;7-9H,5-6,12H2,1-4H3;6-9H,11H2,1-5H3;6-8H,5,10H2,1-4H3. The van der Waals surface area contributed by atoms with E-state index < -0.39 is 24.0 Å². The third kappa shape index (κ3) is 37.7. The van der Waals surface area contributed by atoms with E-state index >= 15 is 0 Å². The monoisotopic (exact) mass is 1010 g/mol. The predicted molar refractivity (Wildman–Crippen MR) is 292 cm³/mol. The van der Waals surface area contributed by atoms with Gasteiger partial charge in [-0.05, 0) is 65.9 Å². The van der Waals surface area contributed by atoms with E-state index in [0.717, 1.165) is 12.0 Å². The molecule has 0 bridgehead atoms. The van der Waals surface area contributed by atoms with Crippen molar-refractivity contribution in [2.45, 2.75) is 214 Å². The molecule has 0 aliphatic rings. The highest BCUT2D eigenvalue weighted by Crippen LogP contribution is 2.17. The molecule has 0 heterocycles. The van der Waals surface area contributed by atoms with Crippen LogP contribution in [0.1, 0.15) is 188 Å². The summed E-state index contributed by atoms with van der Waals surface area (Å²) in [5, 5.41) is 0. The molecule has 1 rings (SSSR count). The minimum Gasteiger partial charge on any atom is -0.464 e. The number of rotatable bonds is 26. The van der Waals surface area contributed by atoms with Crippen molar-refractivity contribution in [1.29, 1.82) is 0 Å². The summed E-state index contributed by atoms with van der Waals surface area (Å²) < 4.78 is 9.91. The summed E-state index contributed by atoms with van der Waals surface area (Å²) in [7, 11) is 0. The second kappa shape index (κ2) is 39.8. The van der Waals surface area contributed by atoms with Gasteiger partial charge in [0, 0.05) is 42.4 Å². The van der Waals surface area contributed by atoms with Gasteiger partial charge in [-0.3, -0.25) is 33.6 Å². The summed E-state index contributed by atoms with van der Waals surface area (Å²) in [5.74, 6) is 2.14. The molecule has 0 radical (unpaired) electrons. The third-order valence-electron chi connectivity index (χ3n) is 11.3. The maximum Gasteiger partial charge on any atom is 0.323 e. The maximum atomic E-state index is 11.7. The van der Waals surface area contributed by atoms with Gasteiger partial charge in [0.15, 0.2) is 17.3 Å². The minimum absolute atomic E-state index is 0.00103. The van der Waals surface area contributed by atoms with E-state index in [1.54, 1.807) is 13.8 Å². The number of esters is 2. The van der Waals surface area contributed by atoms with E-state index in [1.807, 2.05) is 90.0 Å². The van der Waals surface area contributed by atoms with E-state index in [4.69, 9.17) is 38.1 Å². The Labute approximate surface area is 432 Å². The molecule has 0 spiro atoms. The Hall–Kier alpha value is -3.69. The van der Waals surface area contributed by atoms with Gasteiger partial charge in [-0.2, -0.15) is 0 Å². The summed E-state index contributed by atoms with van der Waals surface area (Å²) in [6.07, 6.45) is 2.21. The molecule has 0 aliphatic heterocycles. The van der Waals surface area contributed by atoms with Crippen LogP contribution < -0.4 is 28.7 Å². The smallest absolute Gasteiger partial charge is 0.323 e. The van der Waals surface area contributed by atoms with E-state index in [9.17, 15) is 33.6 Å². The highest BCUT2D eigenvalue weighted by atomic mass is 16.5. The van der Waals surface area contributed by atoms with Crippen molar-refractivity contribution in [3.05, 3.63) is 35.4 Å². The summed E-state index contributed by atoms with van der Waals surface area (Å²) in [6, 6.07) is 5.96. The fraction of sp³-hybridized carbons (Fsp3) is 0.772. The molecule has 1 aromatic carbocycles. The summed E-state index contributed by atoms with van der Waals surface area (Å²) in [5.41, 5.74) is 31.0. The lowest BCUT2D eigenvalue weighted by Gasteiger charge is -2.23. The molecule has 414 valence electrons. The second-order valence-electron chi connectivity index (χ2n) is 22.5. The lowest BCUT2D eigenvalue weighted by molar-refractivity contribution is -0.148. The van der Waals surface area contributed by atoms with Crippen LogP contribution in [0.3, 0.4) is 0 Å². The van der Waals surface area contributed by atoms with Crippen LogP contribution in [-0.4, -0.2) is 84.3 Å². The molecular weight excluding hydrogens is 899 g/mol. The van der Waals surface area contributed by atoms with Crippen molar-refractivity contribution in [3.63, 3.8) is 0 Å². The number of carbonyl (C=O) groups is 7. The molecule has 6 atom stereocenters. The van der Waals surface area contributed by atoms with Gasteiger partial charge >= 0.3 is 11.9 Å². The zero-order valence-electron chi connectivity index (χ0n) is 48.6. The summed E-state index contributed by atoms with van der Waals surface area (Å²) >= 11 is 0. The fourth-order valence-electron chi connectivity index (χ4n) is 5.88. The quantitative estimate of drug-likeness (QED) is 0.0542. The largest absolute Gasteiger partial charge is 0.464 e. The zero-order chi connectivity index (χ0) is 56.6. The van der Waals surface area contributed by atoms with Gasteiger partial charge in [-0.15, -0.1) is 0 Å². The molecule has 0 aliphatic carbocycles. The van der Waals surface area contributed by atoms with Crippen molar-refractivity contribution in [3.8, 4) is 0 Å². The Bertz CT molecular complexity index is 1650. The van der Waals surface area contributed by atoms with Crippen LogP contribution in [0.4, 0.5) is 0 Å². The average Bonchev–Trinajstić information content (AvgIpc) is 3.27. The number of hydrogen-bond acceptors (Lipinski definition) is 14. The summed E-state index contributed by atoms with van der Waals surface area (Å²) in [4.78, 5) is 79.7. The first-order chi connectivity index (χ1) is 32.4. The molecule has 0 aromatic heterocycles. The number of ether oxygens (including phenoxy) is 2. The number of nitrogens with two attached hydrogens (primary N) is 5. The van der Waals surface area contributed by atoms with Crippen LogP contribution in [-0.2, 0) is 49.5 Å². The number of Topliss-reactive ketones (excluding diaryl/α,β-unsaturated/α-hetero) is 5. The number of hydrogen-bond donors (Lipinski definition) is 5. The van der Waals surface area contributed by atoms with E-state index in [1.165, 1.54) is 5.56 Å². The topological polar surface area (TPSA) is 268 Å². The highest BCUT2D eigenvalue weighted by Gasteiger charge is 2.25. The SMILES string of the molecule is CC(C)C(=O)C(N)C(C)C(C)C.CC(C)C(=O)C(N)Cc1ccc(C(C)C)cc1.CC(C)CC(N)C(=O)C(C)C.CC(C)COC(=O)C(N)CC(=O)C(C)C.CC(C)COC(=O)C(N)CCC(=O)C(C)C. The van der Waals surface area contributed by atoms with Gasteiger partial charge in [0.25, 0.3) is 0 Å². The first-order valence-electron chi connectivity index (χ1n) is 26.3. The lowest BCUT2D eigenvalue weighted by atomic mass is 9.85. The maximum absolute atomic E-state index is 11.7. The molecule has 6 unspecified atom stereocenters. The Kier molecular flexibility index (Phi) is 41.4. The Morgan fingerprint density at radius 3 is 1.18 bits per heavy atom. The van der Waals surface area contributed by atoms with Gasteiger partial charge < -0.3 is 38.1 Å². The van der Waals surface area contributed by atoms with Crippen molar-refractivity contribution < 1.29 is 43.0 Å². The Morgan fingerprint density at radius 2 is 0.845 bits per heavy atom. The number of carbonyl (C=O) groups excluding carboxylic acids is 7. The Morgan fingerprint density at radius 1 is 0.451 bits per heavy atom. The van der Waals surface area contributed by atoms with Crippen molar-refractivity contribution in [2.75, 3.05) is 13.2 Å². The molecule has 0 fully saturated rings. The first kappa shape index (κ1) is 73.8. The third-order valence-corrected chi connectivity index (χ3v) is 11.3. The van der Waals surface area contributed by atoms with Crippen molar-refractivity contribution >= 4 is 40.9 Å². The normalized spacial score (nSPS) is 13.8. The summed E-state index contributed by atoms with van der Waals surface area (Å²) in [6.45, 7) is 41.9. The molecular formula is C57H107N5O9. The van der Waals surface area contributed by atoms with Crippen LogP contribution >= 0.6 is 0 Å². The average molecular weight is 1010 g/mol. The van der Waals surface area contributed by atoms with Gasteiger partial charge in [-0.25, -0.2) is 0 Å². The van der Waals surface area contributed by atoms with Crippen LogP contribution in [0, 0.1) is 59.2 Å². The molecule has 1 aromatic rings. The van der Waals surface area contributed by atoms with Crippen molar-refractivity contribution in [1.82, 2.24) is 0 Å². The molecule has 0 saturated carbocycles. The minimum atomic E-state index is -0.821. The van der Waals surface area contributed by atoms with Crippen LogP contribution in [0.2, 0.25) is 0 Å². The highest BCUT2D eigenvalue weighted by molar-refractivity contribution is 5.88. The first-order valence-corrected chi connectivity index (χ1v) is 26.3. The van der Waals surface area contributed by atoms with Gasteiger partial charge in [0.05, 0.1) is 31.3 Å².